The van der Waals surface area contributed by atoms with Gasteiger partial charge in [0.05, 0.1) is 26.8 Å². The predicted molar refractivity (Wildman–Crippen MR) is 111 cm³/mol. The van der Waals surface area contributed by atoms with Gasteiger partial charge in [-0.25, -0.2) is 0 Å². The molecule has 0 spiro atoms. The van der Waals surface area contributed by atoms with E-state index >= 15 is 0 Å². The van der Waals surface area contributed by atoms with Crippen molar-refractivity contribution >= 4 is 17.5 Å². The summed E-state index contributed by atoms with van der Waals surface area (Å²) in [5.74, 6) is 1.60. The molecule has 3 rings (SSSR count). The molecule has 1 heterocycles. The van der Waals surface area contributed by atoms with Crippen LogP contribution in [0.1, 0.15) is 43.0 Å². The van der Waals surface area contributed by atoms with Crippen LogP contribution in [0.2, 0.25) is 5.02 Å². The average molecular weight is 403 g/mol. The molecule has 2 aromatic rings. The number of methoxy groups -OCH3 is 2. The van der Waals surface area contributed by atoms with Gasteiger partial charge in [-0.05, 0) is 56.1 Å². The second kappa shape index (κ2) is 9.30. The number of carbonyl (C=O) groups is 1. The molecule has 1 amide bonds. The smallest absolute Gasteiger partial charge is 0.234 e. The Hall–Kier alpha value is -2.24. The number of hydrogen-bond donors (Lipinski definition) is 1. The number of likely N-dealkylation sites (tertiary alicyclic amines) is 1. The van der Waals surface area contributed by atoms with E-state index in [0.29, 0.717) is 11.6 Å². The second-order valence-corrected chi connectivity index (χ2v) is 7.45. The number of ether oxygens (including phenoxy) is 2. The van der Waals surface area contributed by atoms with Crippen molar-refractivity contribution in [1.29, 1.82) is 0 Å². The molecule has 1 saturated heterocycles. The predicted octanol–water partition coefficient (Wildman–Crippen LogP) is 4.37. The fourth-order valence-electron chi connectivity index (χ4n) is 3.84. The van der Waals surface area contributed by atoms with Crippen molar-refractivity contribution in [2.45, 2.75) is 31.8 Å². The fourth-order valence-corrected chi connectivity index (χ4v) is 4.14. The molecule has 28 heavy (non-hydrogen) atoms. The van der Waals surface area contributed by atoms with Gasteiger partial charge in [-0.2, -0.15) is 0 Å². The molecule has 0 unspecified atom stereocenters. The molecular formula is C22H27ClN2O3. The highest BCUT2D eigenvalue weighted by atomic mass is 35.5. The normalized spacial score (nSPS) is 17.9. The third-order valence-corrected chi connectivity index (χ3v) is 5.60. The summed E-state index contributed by atoms with van der Waals surface area (Å²) >= 11 is 6.25. The summed E-state index contributed by atoms with van der Waals surface area (Å²) in [7, 11) is 3.32. The lowest BCUT2D eigenvalue weighted by Gasteiger charge is -2.26. The summed E-state index contributed by atoms with van der Waals surface area (Å²) in [5.41, 5.74) is 1.98. The Bertz CT molecular complexity index is 827. The number of halogens is 1. The average Bonchev–Trinajstić information content (AvgIpc) is 3.15. The van der Waals surface area contributed by atoms with Gasteiger partial charge >= 0.3 is 0 Å². The number of rotatable bonds is 7. The van der Waals surface area contributed by atoms with E-state index in [-0.39, 0.29) is 18.0 Å². The van der Waals surface area contributed by atoms with Crippen LogP contribution < -0.4 is 14.8 Å². The van der Waals surface area contributed by atoms with Crippen molar-refractivity contribution in [2.24, 2.45) is 0 Å². The van der Waals surface area contributed by atoms with Crippen molar-refractivity contribution in [3.05, 3.63) is 58.6 Å². The Morgan fingerprint density at radius 2 is 2.04 bits per heavy atom. The molecule has 0 aromatic heterocycles. The molecule has 0 radical (unpaired) electrons. The van der Waals surface area contributed by atoms with E-state index in [1.807, 2.05) is 49.4 Å². The van der Waals surface area contributed by atoms with Crippen molar-refractivity contribution in [3.63, 3.8) is 0 Å². The molecule has 6 heteroatoms. The van der Waals surface area contributed by atoms with Crippen LogP contribution in [0.15, 0.2) is 42.5 Å². The number of benzene rings is 2. The van der Waals surface area contributed by atoms with E-state index in [1.165, 1.54) is 0 Å². The van der Waals surface area contributed by atoms with E-state index in [0.717, 1.165) is 42.0 Å². The van der Waals surface area contributed by atoms with Crippen LogP contribution in [0.3, 0.4) is 0 Å². The van der Waals surface area contributed by atoms with Gasteiger partial charge in [0.15, 0.2) is 0 Å². The van der Waals surface area contributed by atoms with Crippen molar-refractivity contribution < 1.29 is 14.3 Å². The third-order valence-electron chi connectivity index (χ3n) is 5.26. The zero-order valence-corrected chi connectivity index (χ0v) is 17.3. The minimum Gasteiger partial charge on any atom is -0.497 e. The lowest BCUT2D eigenvalue weighted by molar-refractivity contribution is -0.123. The van der Waals surface area contributed by atoms with Crippen molar-refractivity contribution in [1.82, 2.24) is 10.2 Å². The number of nitrogens with zero attached hydrogens (tertiary/aromatic N) is 1. The zero-order valence-electron chi connectivity index (χ0n) is 16.6. The Morgan fingerprint density at radius 3 is 2.75 bits per heavy atom. The number of nitrogens with one attached hydrogen (secondary N) is 1. The first-order valence-electron chi connectivity index (χ1n) is 9.53. The van der Waals surface area contributed by atoms with Gasteiger partial charge in [0.1, 0.15) is 11.5 Å². The highest BCUT2D eigenvalue weighted by molar-refractivity contribution is 6.31. The highest BCUT2D eigenvalue weighted by Crippen LogP contribution is 2.38. The Labute approximate surface area is 171 Å². The molecule has 0 bridgehead atoms. The van der Waals surface area contributed by atoms with Crippen LogP contribution in [0, 0.1) is 0 Å². The quantitative estimate of drug-likeness (QED) is 0.747. The topological polar surface area (TPSA) is 50.8 Å². The minimum absolute atomic E-state index is 0.0128. The zero-order chi connectivity index (χ0) is 20.1. The summed E-state index contributed by atoms with van der Waals surface area (Å²) < 4.78 is 10.9. The third kappa shape index (κ3) is 4.59. The van der Waals surface area contributed by atoms with Gasteiger partial charge in [-0.15, -0.1) is 0 Å². The largest absolute Gasteiger partial charge is 0.497 e. The van der Waals surface area contributed by atoms with E-state index in [4.69, 9.17) is 21.1 Å². The molecule has 1 fully saturated rings. The van der Waals surface area contributed by atoms with Gasteiger partial charge in [0.2, 0.25) is 5.91 Å². The second-order valence-electron chi connectivity index (χ2n) is 7.05. The summed E-state index contributed by atoms with van der Waals surface area (Å²) in [4.78, 5) is 14.9. The van der Waals surface area contributed by atoms with E-state index in [2.05, 4.69) is 10.2 Å². The first-order chi connectivity index (χ1) is 13.5. The SMILES string of the molecule is COc1ccc(OC)c([C@H]2CCCN2CC(=O)N[C@H](C)c2ccccc2Cl)c1. The molecule has 2 atom stereocenters. The van der Waals surface area contributed by atoms with E-state index in [9.17, 15) is 4.79 Å². The summed E-state index contributed by atoms with van der Waals surface area (Å²) in [6, 6.07) is 13.4. The maximum atomic E-state index is 12.7. The van der Waals surface area contributed by atoms with Gasteiger partial charge in [-0.3, -0.25) is 9.69 Å². The summed E-state index contributed by atoms with van der Waals surface area (Å²) in [6.07, 6.45) is 2.02. The Kier molecular flexibility index (Phi) is 6.81. The lowest BCUT2D eigenvalue weighted by Crippen LogP contribution is -2.38. The van der Waals surface area contributed by atoms with Crippen LogP contribution in [-0.4, -0.2) is 38.1 Å². The molecule has 5 nitrogen and oxygen atoms in total. The van der Waals surface area contributed by atoms with E-state index in [1.54, 1.807) is 14.2 Å². The molecule has 1 N–H and O–H groups in total. The highest BCUT2D eigenvalue weighted by Gasteiger charge is 2.30. The maximum absolute atomic E-state index is 12.7. The summed E-state index contributed by atoms with van der Waals surface area (Å²) in [6.45, 7) is 3.16. The Balaban J connectivity index is 1.70. The lowest BCUT2D eigenvalue weighted by atomic mass is 10.0. The fraction of sp³-hybridized carbons (Fsp3) is 0.409. The molecule has 2 aromatic carbocycles. The molecule has 0 aliphatic carbocycles. The maximum Gasteiger partial charge on any atom is 0.234 e. The first kappa shape index (κ1) is 20.5. The molecule has 1 aliphatic heterocycles. The number of carbonyl (C=O) groups excluding carboxylic acids is 1. The molecule has 0 saturated carbocycles. The van der Waals surface area contributed by atoms with Gasteiger partial charge in [0, 0.05) is 16.6 Å². The monoisotopic (exact) mass is 402 g/mol. The Morgan fingerprint density at radius 1 is 1.25 bits per heavy atom. The summed E-state index contributed by atoms with van der Waals surface area (Å²) in [5, 5.41) is 3.73. The van der Waals surface area contributed by atoms with Crippen molar-refractivity contribution in [3.8, 4) is 11.5 Å². The van der Waals surface area contributed by atoms with Crippen LogP contribution in [-0.2, 0) is 4.79 Å². The van der Waals surface area contributed by atoms with Crippen molar-refractivity contribution in [2.75, 3.05) is 27.3 Å². The molecular weight excluding hydrogens is 376 g/mol. The van der Waals surface area contributed by atoms with Gasteiger partial charge in [0.25, 0.3) is 0 Å². The van der Waals surface area contributed by atoms with Gasteiger partial charge in [-0.1, -0.05) is 29.8 Å². The minimum atomic E-state index is -0.145. The standard InChI is InChI=1S/C22H27ClN2O3/c1-15(17-7-4-5-8-19(17)23)24-22(26)14-25-12-6-9-20(25)18-13-16(27-2)10-11-21(18)28-3/h4-5,7-8,10-11,13,15,20H,6,9,12,14H2,1-3H3,(H,24,26)/t15-,20-/m1/s1. The molecule has 1 aliphatic rings. The molecule has 150 valence electrons. The van der Waals surface area contributed by atoms with E-state index < -0.39 is 0 Å². The van der Waals surface area contributed by atoms with Crippen LogP contribution in [0.5, 0.6) is 11.5 Å². The first-order valence-corrected chi connectivity index (χ1v) is 9.91. The van der Waals surface area contributed by atoms with Crippen LogP contribution >= 0.6 is 11.6 Å². The van der Waals surface area contributed by atoms with Gasteiger partial charge < -0.3 is 14.8 Å². The number of amides is 1. The van der Waals surface area contributed by atoms with Crippen LogP contribution in [0.25, 0.3) is 0 Å². The number of hydrogen-bond acceptors (Lipinski definition) is 4. The van der Waals surface area contributed by atoms with Crippen LogP contribution in [0.4, 0.5) is 0 Å².